The summed E-state index contributed by atoms with van der Waals surface area (Å²) < 4.78 is 14.8. The zero-order chi connectivity index (χ0) is 10.8. The number of hydrogen-bond donors (Lipinski definition) is 1. The van der Waals surface area contributed by atoms with Gasteiger partial charge in [0.25, 0.3) is 0 Å². The molecule has 1 heterocycles. The summed E-state index contributed by atoms with van der Waals surface area (Å²) in [7, 11) is 1.96. The molecule has 0 radical (unpaired) electrons. The van der Waals surface area contributed by atoms with Crippen LogP contribution in [0.2, 0.25) is 0 Å². The Hall–Kier alpha value is -1.61. The van der Waals surface area contributed by atoms with Crippen LogP contribution in [0.15, 0.2) is 36.5 Å². The molecule has 0 saturated heterocycles. The molecule has 15 heavy (non-hydrogen) atoms. The molecule has 2 N–H and O–H groups in total. The number of aromatic nitrogens is 1. The lowest BCUT2D eigenvalue weighted by molar-refractivity contribution is 0.628. The van der Waals surface area contributed by atoms with Crippen molar-refractivity contribution in [2.45, 2.75) is 6.54 Å². The molecule has 2 nitrogen and oxygen atoms in total. The Balaban J connectivity index is 2.52. The van der Waals surface area contributed by atoms with Gasteiger partial charge in [-0.25, -0.2) is 4.39 Å². The number of rotatable bonds is 2. The molecule has 0 atom stereocenters. The van der Waals surface area contributed by atoms with Crippen molar-refractivity contribution in [3.8, 4) is 11.3 Å². The van der Waals surface area contributed by atoms with Crippen LogP contribution in [0.4, 0.5) is 4.39 Å². The van der Waals surface area contributed by atoms with Gasteiger partial charge in [0.1, 0.15) is 5.82 Å². The monoisotopic (exact) mass is 204 g/mol. The van der Waals surface area contributed by atoms with Gasteiger partial charge in [0.05, 0.1) is 5.69 Å². The van der Waals surface area contributed by atoms with Crippen molar-refractivity contribution < 1.29 is 4.39 Å². The molecule has 0 bridgehead atoms. The van der Waals surface area contributed by atoms with Crippen molar-refractivity contribution in [1.82, 2.24) is 4.57 Å². The van der Waals surface area contributed by atoms with Gasteiger partial charge in [-0.1, -0.05) is 0 Å². The van der Waals surface area contributed by atoms with E-state index in [9.17, 15) is 4.39 Å². The Kier molecular flexibility index (Phi) is 2.56. The summed E-state index contributed by atoms with van der Waals surface area (Å²) in [6, 6.07) is 8.44. The fraction of sp³-hybridized carbons (Fsp3) is 0.167. The van der Waals surface area contributed by atoms with E-state index in [1.807, 2.05) is 23.9 Å². The highest BCUT2D eigenvalue weighted by Gasteiger charge is 2.07. The number of benzene rings is 1. The topological polar surface area (TPSA) is 30.9 Å². The van der Waals surface area contributed by atoms with Gasteiger partial charge >= 0.3 is 0 Å². The summed E-state index contributed by atoms with van der Waals surface area (Å²) in [5.74, 6) is -0.220. The fourth-order valence-electron chi connectivity index (χ4n) is 1.74. The van der Waals surface area contributed by atoms with Gasteiger partial charge in [0.15, 0.2) is 0 Å². The molecule has 2 rings (SSSR count). The first kappa shape index (κ1) is 9.93. The second-order valence-electron chi connectivity index (χ2n) is 3.51. The number of hydrogen-bond acceptors (Lipinski definition) is 1. The Bertz CT molecular complexity index is 457. The van der Waals surface area contributed by atoms with Crippen LogP contribution in [0.5, 0.6) is 0 Å². The Morgan fingerprint density at radius 1 is 1.20 bits per heavy atom. The van der Waals surface area contributed by atoms with E-state index in [0.717, 1.165) is 16.8 Å². The van der Waals surface area contributed by atoms with E-state index < -0.39 is 0 Å². The fourth-order valence-corrected chi connectivity index (χ4v) is 1.74. The molecule has 0 aliphatic rings. The van der Waals surface area contributed by atoms with Crippen molar-refractivity contribution in [3.05, 3.63) is 47.9 Å². The summed E-state index contributed by atoms with van der Waals surface area (Å²) >= 11 is 0. The van der Waals surface area contributed by atoms with E-state index >= 15 is 0 Å². The van der Waals surface area contributed by atoms with Crippen molar-refractivity contribution >= 4 is 0 Å². The van der Waals surface area contributed by atoms with Gasteiger partial charge in [0, 0.05) is 19.8 Å². The lowest BCUT2D eigenvalue weighted by atomic mass is 10.1. The molecule has 78 valence electrons. The van der Waals surface area contributed by atoms with Crippen molar-refractivity contribution in [3.63, 3.8) is 0 Å². The SMILES string of the molecule is Cn1ccc(CN)c1-c1ccc(F)cc1. The molecular weight excluding hydrogens is 191 g/mol. The minimum absolute atomic E-state index is 0.220. The third-order valence-electron chi connectivity index (χ3n) is 2.49. The Labute approximate surface area is 88.1 Å². The van der Waals surface area contributed by atoms with Crippen LogP contribution in [-0.2, 0) is 13.6 Å². The van der Waals surface area contributed by atoms with Crippen LogP contribution in [-0.4, -0.2) is 4.57 Å². The molecule has 0 spiro atoms. The maximum atomic E-state index is 12.8. The maximum Gasteiger partial charge on any atom is 0.123 e. The van der Waals surface area contributed by atoms with Gasteiger partial charge in [-0.05, 0) is 41.5 Å². The zero-order valence-corrected chi connectivity index (χ0v) is 8.57. The third kappa shape index (κ3) is 1.78. The van der Waals surface area contributed by atoms with Crippen LogP contribution in [0.1, 0.15) is 5.56 Å². The third-order valence-corrected chi connectivity index (χ3v) is 2.49. The summed E-state index contributed by atoms with van der Waals surface area (Å²) in [5.41, 5.74) is 8.76. The summed E-state index contributed by atoms with van der Waals surface area (Å²) in [6.45, 7) is 0.494. The van der Waals surface area contributed by atoms with E-state index in [1.54, 1.807) is 12.1 Å². The highest BCUT2D eigenvalue weighted by atomic mass is 19.1. The summed E-state index contributed by atoms with van der Waals surface area (Å²) in [4.78, 5) is 0. The number of aryl methyl sites for hydroxylation is 1. The van der Waals surface area contributed by atoms with Crippen LogP contribution in [0.25, 0.3) is 11.3 Å². The van der Waals surface area contributed by atoms with E-state index in [2.05, 4.69) is 0 Å². The molecule has 2 aromatic rings. The Morgan fingerprint density at radius 3 is 2.47 bits per heavy atom. The van der Waals surface area contributed by atoms with Crippen molar-refractivity contribution in [2.24, 2.45) is 12.8 Å². The molecule has 3 heteroatoms. The molecule has 1 aromatic heterocycles. The Morgan fingerprint density at radius 2 is 1.87 bits per heavy atom. The second kappa shape index (κ2) is 3.87. The first-order valence-corrected chi connectivity index (χ1v) is 4.82. The minimum Gasteiger partial charge on any atom is -0.350 e. The first-order valence-electron chi connectivity index (χ1n) is 4.82. The van der Waals surface area contributed by atoms with E-state index in [1.165, 1.54) is 12.1 Å². The molecule has 0 saturated carbocycles. The van der Waals surface area contributed by atoms with Gasteiger partial charge in [0.2, 0.25) is 0 Å². The smallest absolute Gasteiger partial charge is 0.123 e. The predicted molar refractivity (Wildman–Crippen MR) is 58.7 cm³/mol. The highest BCUT2D eigenvalue weighted by Crippen LogP contribution is 2.24. The van der Waals surface area contributed by atoms with Crippen LogP contribution < -0.4 is 5.73 Å². The highest BCUT2D eigenvalue weighted by molar-refractivity contribution is 5.64. The quantitative estimate of drug-likeness (QED) is 0.799. The minimum atomic E-state index is -0.220. The van der Waals surface area contributed by atoms with Gasteiger partial charge in [-0.2, -0.15) is 0 Å². The van der Waals surface area contributed by atoms with Gasteiger partial charge in [-0.3, -0.25) is 0 Å². The number of nitrogens with zero attached hydrogens (tertiary/aromatic N) is 1. The largest absolute Gasteiger partial charge is 0.350 e. The van der Waals surface area contributed by atoms with Crippen LogP contribution >= 0.6 is 0 Å². The first-order chi connectivity index (χ1) is 7.22. The molecule has 0 amide bonds. The molecular formula is C12H13FN2. The summed E-state index contributed by atoms with van der Waals surface area (Å²) in [6.07, 6.45) is 1.96. The predicted octanol–water partition coefficient (Wildman–Crippen LogP) is 2.29. The van der Waals surface area contributed by atoms with Crippen LogP contribution in [0, 0.1) is 5.82 Å². The normalized spacial score (nSPS) is 10.6. The zero-order valence-electron chi connectivity index (χ0n) is 8.57. The molecule has 0 aliphatic carbocycles. The lowest BCUT2D eigenvalue weighted by Crippen LogP contribution is -1.99. The van der Waals surface area contributed by atoms with Gasteiger partial charge in [-0.15, -0.1) is 0 Å². The van der Waals surface area contributed by atoms with E-state index in [-0.39, 0.29) is 5.82 Å². The molecule has 1 aromatic carbocycles. The molecule has 0 aliphatic heterocycles. The van der Waals surface area contributed by atoms with Crippen molar-refractivity contribution in [1.29, 1.82) is 0 Å². The number of nitrogens with two attached hydrogens (primary N) is 1. The molecule has 0 fully saturated rings. The van der Waals surface area contributed by atoms with E-state index in [0.29, 0.717) is 6.54 Å². The average molecular weight is 204 g/mol. The van der Waals surface area contributed by atoms with E-state index in [4.69, 9.17) is 5.73 Å². The number of halogens is 1. The standard InChI is InChI=1S/C12H13FN2/c1-15-7-6-10(8-14)12(15)9-2-4-11(13)5-3-9/h2-7H,8,14H2,1H3. The summed E-state index contributed by atoms with van der Waals surface area (Å²) in [5, 5.41) is 0. The maximum absolute atomic E-state index is 12.8. The average Bonchev–Trinajstić information content (AvgIpc) is 2.61. The second-order valence-corrected chi connectivity index (χ2v) is 3.51. The van der Waals surface area contributed by atoms with Gasteiger partial charge < -0.3 is 10.3 Å². The molecule has 0 unspecified atom stereocenters. The lowest BCUT2D eigenvalue weighted by Gasteiger charge is -2.06. The van der Waals surface area contributed by atoms with Crippen molar-refractivity contribution in [2.75, 3.05) is 0 Å². The van der Waals surface area contributed by atoms with Crippen LogP contribution in [0.3, 0.4) is 0 Å².